The number of aromatic nitrogens is 4. The van der Waals surface area contributed by atoms with Crippen LogP contribution in [0.25, 0.3) is 11.2 Å². The average molecular weight is 273 g/mol. The lowest BCUT2D eigenvalue weighted by atomic mass is 10.2. The lowest BCUT2D eigenvalue weighted by molar-refractivity contribution is -0.0296. The Morgan fingerprint density at radius 2 is 2.18 bits per heavy atom. The van der Waals surface area contributed by atoms with Gasteiger partial charge in [0.2, 0.25) is 5.28 Å². The molecule has 0 radical (unpaired) electrons. The third kappa shape index (κ3) is 1.88. The molecule has 3 heterocycles. The van der Waals surface area contributed by atoms with Gasteiger partial charge in [-0.2, -0.15) is 0 Å². The van der Waals surface area contributed by atoms with Crippen LogP contribution in [0.5, 0.6) is 0 Å². The summed E-state index contributed by atoms with van der Waals surface area (Å²) in [5.41, 5.74) is 1.15. The second-order valence-electron chi connectivity index (χ2n) is 3.91. The molecule has 1 aliphatic heterocycles. The fourth-order valence-corrected chi connectivity index (χ4v) is 2.48. The van der Waals surface area contributed by atoms with E-state index in [1.807, 2.05) is 0 Å². The van der Waals surface area contributed by atoms with Gasteiger partial charge in [0.05, 0.1) is 0 Å². The van der Waals surface area contributed by atoms with Crippen molar-refractivity contribution in [1.82, 2.24) is 19.5 Å². The molecule has 1 unspecified atom stereocenters. The molecule has 0 aromatic carbocycles. The molecule has 1 fully saturated rings. The van der Waals surface area contributed by atoms with Gasteiger partial charge in [0.15, 0.2) is 10.8 Å². The van der Waals surface area contributed by atoms with Crippen LogP contribution in [-0.4, -0.2) is 26.1 Å². The summed E-state index contributed by atoms with van der Waals surface area (Å²) < 4.78 is 7.47. The molecule has 3 rings (SSSR count). The predicted octanol–water partition coefficient (Wildman–Crippen LogP) is 2.83. The van der Waals surface area contributed by atoms with E-state index in [1.54, 1.807) is 4.57 Å². The van der Waals surface area contributed by atoms with Crippen molar-refractivity contribution < 1.29 is 4.74 Å². The van der Waals surface area contributed by atoms with Crippen LogP contribution in [0.3, 0.4) is 0 Å². The highest BCUT2D eigenvalue weighted by atomic mass is 35.5. The first kappa shape index (κ1) is 11.2. The number of hydrogen-bond donors (Lipinski definition) is 0. The second-order valence-corrected chi connectivity index (χ2v) is 4.60. The molecular weight excluding hydrogens is 263 g/mol. The molecule has 7 heteroatoms. The summed E-state index contributed by atoms with van der Waals surface area (Å²) in [6.45, 7) is 0.736. The molecule has 1 atom stereocenters. The Balaban J connectivity index is 2.14. The zero-order valence-corrected chi connectivity index (χ0v) is 10.4. The van der Waals surface area contributed by atoms with E-state index in [-0.39, 0.29) is 6.23 Å². The summed E-state index contributed by atoms with van der Waals surface area (Å²) >= 11 is 12.1. The zero-order valence-electron chi connectivity index (χ0n) is 8.94. The number of fused-ring (bicyclic) bond motifs is 1. The molecule has 0 bridgehead atoms. The van der Waals surface area contributed by atoms with Gasteiger partial charge >= 0.3 is 0 Å². The maximum Gasteiger partial charge on any atom is 0.207 e. The Morgan fingerprint density at radius 1 is 1.29 bits per heavy atom. The van der Waals surface area contributed by atoms with Gasteiger partial charge in [-0.15, -0.1) is 0 Å². The van der Waals surface area contributed by atoms with Gasteiger partial charge in [0.1, 0.15) is 18.1 Å². The fourth-order valence-electron chi connectivity index (χ4n) is 2.04. The normalized spacial score (nSPS) is 20.9. The Kier molecular flexibility index (Phi) is 2.90. The lowest BCUT2D eigenvalue weighted by Crippen LogP contribution is -2.18. The minimum Gasteiger partial charge on any atom is -0.358 e. The second kappa shape index (κ2) is 4.40. The van der Waals surface area contributed by atoms with Crippen molar-refractivity contribution in [3.05, 3.63) is 16.8 Å². The highest BCUT2D eigenvalue weighted by Gasteiger charge is 2.23. The molecule has 0 amide bonds. The van der Waals surface area contributed by atoms with E-state index >= 15 is 0 Å². The maximum atomic E-state index is 6.12. The minimum atomic E-state index is -0.104. The van der Waals surface area contributed by atoms with Gasteiger partial charge < -0.3 is 4.74 Å². The predicted molar refractivity (Wildman–Crippen MR) is 64.2 cm³/mol. The summed E-state index contributed by atoms with van der Waals surface area (Å²) in [6.07, 6.45) is 4.40. The molecule has 0 saturated carbocycles. The van der Waals surface area contributed by atoms with Crippen LogP contribution in [0.4, 0.5) is 0 Å². The van der Waals surface area contributed by atoms with Crippen molar-refractivity contribution in [2.24, 2.45) is 0 Å². The topological polar surface area (TPSA) is 52.8 Å². The third-order valence-corrected chi connectivity index (χ3v) is 3.38. The van der Waals surface area contributed by atoms with Gasteiger partial charge in [0, 0.05) is 6.61 Å². The van der Waals surface area contributed by atoms with Crippen molar-refractivity contribution in [1.29, 1.82) is 0 Å². The minimum absolute atomic E-state index is 0.104. The Labute approximate surface area is 108 Å². The summed E-state index contributed by atoms with van der Waals surface area (Å²) in [7, 11) is 0. The van der Waals surface area contributed by atoms with E-state index in [9.17, 15) is 0 Å². The monoisotopic (exact) mass is 272 g/mol. The number of halogens is 2. The van der Waals surface area contributed by atoms with E-state index in [2.05, 4.69) is 15.0 Å². The van der Waals surface area contributed by atoms with Gasteiger partial charge in [0.25, 0.3) is 0 Å². The van der Waals surface area contributed by atoms with Crippen molar-refractivity contribution in [3.8, 4) is 0 Å². The highest BCUT2D eigenvalue weighted by molar-refractivity contribution is 6.34. The number of hydrogen-bond acceptors (Lipinski definition) is 4. The first-order valence-electron chi connectivity index (χ1n) is 5.43. The van der Waals surface area contributed by atoms with Crippen LogP contribution in [-0.2, 0) is 4.74 Å². The van der Waals surface area contributed by atoms with Crippen LogP contribution in [0.2, 0.25) is 10.4 Å². The zero-order chi connectivity index (χ0) is 11.8. The molecule has 2 aromatic heterocycles. The highest BCUT2D eigenvalue weighted by Crippen LogP contribution is 2.31. The Morgan fingerprint density at radius 3 is 2.94 bits per heavy atom. The van der Waals surface area contributed by atoms with Gasteiger partial charge in [-0.05, 0) is 30.9 Å². The van der Waals surface area contributed by atoms with E-state index in [4.69, 9.17) is 27.9 Å². The van der Waals surface area contributed by atoms with Crippen molar-refractivity contribution in [3.63, 3.8) is 0 Å². The Hall–Kier alpha value is -0.910. The first-order valence-corrected chi connectivity index (χ1v) is 6.18. The molecular formula is C10H10Cl2N4O. The third-order valence-electron chi connectivity index (χ3n) is 2.83. The van der Waals surface area contributed by atoms with Crippen LogP contribution in [0.1, 0.15) is 25.5 Å². The number of ether oxygens (including phenoxy) is 1. The largest absolute Gasteiger partial charge is 0.358 e. The molecule has 17 heavy (non-hydrogen) atoms. The number of nitrogens with zero attached hydrogens (tertiary/aromatic N) is 4. The van der Waals surface area contributed by atoms with Gasteiger partial charge in [-0.3, -0.25) is 4.57 Å². The van der Waals surface area contributed by atoms with Crippen LogP contribution in [0, 0.1) is 0 Å². The van der Waals surface area contributed by atoms with E-state index in [1.165, 1.54) is 6.33 Å². The molecule has 1 aliphatic rings. The van der Waals surface area contributed by atoms with Crippen LogP contribution >= 0.6 is 23.2 Å². The SMILES string of the molecule is Clc1ncnc2c1nc(Cl)n2C1CCCCO1. The van der Waals surface area contributed by atoms with E-state index < -0.39 is 0 Å². The summed E-state index contributed by atoms with van der Waals surface area (Å²) in [4.78, 5) is 12.2. The average Bonchev–Trinajstić information content (AvgIpc) is 2.68. The number of rotatable bonds is 1. The van der Waals surface area contributed by atoms with Gasteiger partial charge in [-0.25, -0.2) is 15.0 Å². The van der Waals surface area contributed by atoms with E-state index in [0.717, 1.165) is 25.9 Å². The quantitative estimate of drug-likeness (QED) is 0.592. The van der Waals surface area contributed by atoms with Crippen molar-refractivity contribution >= 4 is 34.4 Å². The molecule has 0 spiro atoms. The van der Waals surface area contributed by atoms with E-state index in [0.29, 0.717) is 21.6 Å². The maximum absolute atomic E-state index is 6.12. The standard InChI is InChI=1S/C10H10Cl2N4O/c11-8-7-9(14-5-13-8)16(10(12)15-7)6-3-1-2-4-17-6/h5-6H,1-4H2. The Bertz CT molecular complexity index is 550. The van der Waals surface area contributed by atoms with Crippen LogP contribution < -0.4 is 0 Å². The lowest BCUT2D eigenvalue weighted by Gasteiger charge is -2.24. The smallest absolute Gasteiger partial charge is 0.207 e. The molecule has 0 aliphatic carbocycles. The number of imidazole rings is 1. The van der Waals surface area contributed by atoms with Crippen LogP contribution in [0.15, 0.2) is 6.33 Å². The molecule has 5 nitrogen and oxygen atoms in total. The first-order chi connectivity index (χ1) is 8.27. The molecule has 2 aromatic rings. The molecule has 1 saturated heterocycles. The van der Waals surface area contributed by atoms with Crippen molar-refractivity contribution in [2.75, 3.05) is 6.61 Å². The molecule has 0 N–H and O–H groups in total. The van der Waals surface area contributed by atoms with Crippen molar-refractivity contribution in [2.45, 2.75) is 25.5 Å². The summed E-state index contributed by atoms with van der Waals surface area (Å²) in [6, 6.07) is 0. The van der Waals surface area contributed by atoms with Gasteiger partial charge in [-0.1, -0.05) is 11.6 Å². The summed E-state index contributed by atoms with van der Waals surface area (Å²) in [5, 5.41) is 0.653. The summed E-state index contributed by atoms with van der Waals surface area (Å²) in [5.74, 6) is 0. The fraction of sp³-hybridized carbons (Fsp3) is 0.500. The molecule has 90 valence electrons.